The third kappa shape index (κ3) is 4.74. The maximum absolute atomic E-state index is 13.0. The SMILES string of the molecule is Cc1ccc(-n2cnnc2SCC(=O)N(C)Cc2ccc(F)cc2)c(C)c1. The van der Waals surface area contributed by atoms with Gasteiger partial charge in [0.2, 0.25) is 5.91 Å². The van der Waals surface area contributed by atoms with Crippen LogP contribution in [0.15, 0.2) is 53.9 Å². The molecule has 0 saturated heterocycles. The van der Waals surface area contributed by atoms with Crippen molar-refractivity contribution in [1.29, 1.82) is 0 Å². The van der Waals surface area contributed by atoms with Gasteiger partial charge in [-0.25, -0.2) is 4.39 Å². The van der Waals surface area contributed by atoms with Crippen LogP contribution in [0.4, 0.5) is 4.39 Å². The summed E-state index contributed by atoms with van der Waals surface area (Å²) in [5.74, 6) is -0.0603. The molecule has 3 rings (SSSR count). The molecule has 1 aromatic heterocycles. The van der Waals surface area contributed by atoms with Crippen LogP contribution in [0, 0.1) is 19.7 Å². The predicted octanol–water partition coefficient (Wildman–Crippen LogP) is 3.77. The molecule has 0 aliphatic rings. The largest absolute Gasteiger partial charge is 0.341 e. The Labute approximate surface area is 162 Å². The minimum Gasteiger partial charge on any atom is -0.341 e. The van der Waals surface area contributed by atoms with Gasteiger partial charge in [0.1, 0.15) is 12.1 Å². The lowest BCUT2D eigenvalue weighted by atomic mass is 10.1. The van der Waals surface area contributed by atoms with Gasteiger partial charge in [-0.05, 0) is 43.2 Å². The minimum absolute atomic E-state index is 0.0282. The molecule has 0 N–H and O–H groups in total. The molecule has 0 atom stereocenters. The molecule has 1 amide bonds. The summed E-state index contributed by atoms with van der Waals surface area (Å²) in [5.41, 5.74) is 4.20. The van der Waals surface area contributed by atoms with E-state index in [2.05, 4.69) is 16.3 Å². The molecule has 1 heterocycles. The van der Waals surface area contributed by atoms with Gasteiger partial charge in [-0.15, -0.1) is 10.2 Å². The van der Waals surface area contributed by atoms with E-state index < -0.39 is 0 Å². The summed E-state index contributed by atoms with van der Waals surface area (Å²) in [5, 5.41) is 8.81. The number of amides is 1. The minimum atomic E-state index is -0.283. The van der Waals surface area contributed by atoms with Crippen molar-refractivity contribution in [1.82, 2.24) is 19.7 Å². The van der Waals surface area contributed by atoms with Crippen LogP contribution in [-0.4, -0.2) is 38.4 Å². The summed E-state index contributed by atoms with van der Waals surface area (Å²) < 4.78 is 14.9. The normalized spacial score (nSPS) is 10.8. The fraction of sp³-hybridized carbons (Fsp3) is 0.250. The summed E-state index contributed by atoms with van der Waals surface area (Å²) in [6.45, 7) is 4.52. The standard InChI is InChI=1S/C20H21FN4OS/c1-14-4-9-18(15(2)10-14)25-13-22-23-20(25)27-12-19(26)24(3)11-16-5-7-17(21)8-6-16/h4-10,13H,11-12H2,1-3H3. The lowest BCUT2D eigenvalue weighted by molar-refractivity contribution is -0.127. The average Bonchev–Trinajstić information content (AvgIpc) is 3.09. The third-order valence-electron chi connectivity index (χ3n) is 4.21. The highest BCUT2D eigenvalue weighted by atomic mass is 32.2. The molecule has 2 aromatic carbocycles. The van der Waals surface area contributed by atoms with Crippen molar-refractivity contribution in [3.63, 3.8) is 0 Å². The van der Waals surface area contributed by atoms with Crippen molar-refractivity contribution in [2.45, 2.75) is 25.5 Å². The molecular weight excluding hydrogens is 363 g/mol. The molecule has 0 bridgehead atoms. The van der Waals surface area contributed by atoms with E-state index in [9.17, 15) is 9.18 Å². The third-order valence-corrected chi connectivity index (χ3v) is 5.14. The number of aryl methyl sites for hydroxylation is 2. The molecule has 7 heteroatoms. The maximum Gasteiger partial charge on any atom is 0.233 e. The zero-order chi connectivity index (χ0) is 19.4. The second kappa shape index (κ2) is 8.35. The number of nitrogens with zero attached hydrogens (tertiary/aromatic N) is 4. The van der Waals surface area contributed by atoms with E-state index in [1.165, 1.54) is 29.5 Å². The van der Waals surface area contributed by atoms with Crippen LogP contribution in [-0.2, 0) is 11.3 Å². The molecule has 0 spiro atoms. The number of benzene rings is 2. The average molecular weight is 384 g/mol. The van der Waals surface area contributed by atoms with E-state index in [0.717, 1.165) is 16.8 Å². The van der Waals surface area contributed by atoms with E-state index in [-0.39, 0.29) is 17.5 Å². The molecule has 0 radical (unpaired) electrons. The Kier molecular flexibility index (Phi) is 5.91. The molecule has 0 unspecified atom stereocenters. The fourth-order valence-electron chi connectivity index (χ4n) is 2.75. The molecule has 0 saturated carbocycles. The number of thioether (sulfide) groups is 1. The first-order valence-electron chi connectivity index (χ1n) is 8.53. The van der Waals surface area contributed by atoms with E-state index in [4.69, 9.17) is 0 Å². The highest BCUT2D eigenvalue weighted by Gasteiger charge is 2.14. The van der Waals surface area contributed by atoms with Crippen LogP contribution < -0.4 is 0 Å². The molecule has 140 valence electrons. The van der Waals surface area contributed by atoms with Crippen LogP contribution >= 0.6 is 11.8 Å². The van der Waals surface area contributed by atoms with Crippen molar-refractivity contribution in [3.8, 4) is 5.69 Å². The van der Waals surface area contributed by atoms with Crippen molar-refractivity contribution < 1.29 is 9.18 Å². The quantitative estimate of drug-likeness (QED) is 0.607. The molecule has 0 fully saturated rings. The van der Waals surface area contributed by atoms with Crippen molar-refractivity contribution in [2.75, 3.05) is 12.8 Å². The van der Waals surface area contributed by atoms with E-state index >= 15 is 0 Å². The zero-order valence-corrected chi connectivity index (χ0v) is 16.3. The summed E-state index contributed by atoms with van der Waals surface area (Å²) in [6.07, 6.45) is 1.66. The van der Waals surface area contributed by atoms with Crippen LogP contribution in [0.3, 0.4) is 0 Å². The lowest BCUT2D eigenvalue weighted by Crippen LogP contribution is -2.27. The maximum atomic E-state index is 13.0. The summed E-state index contributed by atoms with van der Waals surface area (Å²) in [7, 11) is 1.74. The van der Waals surface area contributed by atoms with Crippen LogP contribution in [0.5, 0.6) is 0 Å². The number of halogens is 1. The second-order valence-corrected chi connectivity index (χ2v) is 7.38. The monoisotopic (exact) mass is 384 g/mol. The molecule has 0 aliphatic heterocycles. The van der Waals surface area contributed by atoms with Crippen LogP contribution in [0.2, 0.25) is 0 Å². The molecular formula is C20H21FN4OS. The number of aromatic nitrogens is 3. The topological polar surface area (TPSA) is 51.0 Å². The van der Waals surface area contributed by atoms with E-state index in [1.807, 2.05) is 30.5 Å². The first kappa shape index (κ1) is 19.1. The Hall–Kier alpha value is -2.67. The van der Waals surface area contributed by atoms with Gasteiger partial charge < -0.3 is 4.90 Å². The Bertz CT molecular complexity index is 939. The first-order valence-corrected chi connectivity index (χ1v) is 9.51. The van der Waals surface area contributed by atoms with E-state index in [0.29, 0.717) is 11.7 Å². The number of carbonyl (C=O) groups excluding carboxylic acids is 1. The Morgan fingerprint density at radius 2 is 1.93 bits per heavy atom. The lowest BCUT2D eigenvalue weighted by Gasteiger charge is -2.17. The molecule has 0 aliphatic carbocycles. The smallest absolute Gasteiger partial charge is 0.233 e. The van der Waals surface area contributed by atoms with E-state index in [1.54, 1.807) is 30.4 Å². The van der Waals surface area contributed by atoms with Crippen LogP contribution in [0.1, 0.15) is 16.7 Å². The Balaban J connectivity index is 1.64. The number of hydrogen-bond donors (Lipinski definition) is 0. The first-order chi connectivity index (χ1) is 12.9. The van der Waals surface area contributed by atoms with Crippen molar-refractivity contribution in [2.24, 2.45) is 0 Å². The number of carbonyl (C=O) groups is 1. The van der Waals surface area contributed by atoms with Gasteiger partial charge in [0.15, 0.2) is 5.16 Å². The van der Waals surface area contributed by atoms with Crippen molar-refractivity contribution >= 4 is 17.7 Å². The van der Waals surface area contributed by atoms with Gasteiger partial charge in [-0.2, -0.15) is 0 Å². The summed E-state index contributed by atoms with van der Waals surface area (Å²) in [4.78, 5) is 14.1. The van der Waals surface area contributed by atoms with Gasteiger partial charge in [0.05, 0.1) is 11.4 Å². The number of rotatable bonds is 6. The van der Waals surface area contributed by atoms with Gasteiger partial charge in [0.25, 0.3) is 0 Å². The van der Waals surface area contributed by atoms with Gasteiger partial charge in [-0.1, -0.05) is 41.6 Å². The molecule has 5 nitrogen and oxygen atoms in total. The highest BCUT2D eigenvalue weighted by molar-refractivity contribution is 7.99. The summed E-state index contributed by atoms with van der Waals surface area (Å²) in [6, 6.07) is 12.3. The highest BCUT2D eigenvalue weighted by Crippen LogP contribution is 2.23. The fourth-order valence-corrected chi connectivity index (χ4v) is 3.61. The van der Waals surface area contributed by atoms with Gasteiger partial charge in [0, 0.05) is 13.6 Å². The Morgan fingerprint density at radius 1 is 1.19 bits per heavy atom. The van der Waals surface area contributed by atoms with Gasteiger partial charge in [-0.3, -0.25) is 9.36 Å². The van der Waals surface area contributed by atoms with Crippen molar-refractivity contribution in [3.05, 3.63) is 71.3 Å². The zero-order valence-electron chi connectivity index (χ0n) is 15.5. The van der Waals surface area contributed by atoms with Gasteiger partial charge >= 0.3 is 0 Å². The second-order valence-electron chi connectivity index (χ2n) is 6.44. The molecule has 3 aromatic rings. The number of hydrogen-bond acceptors (Lipinski definition) is 4. The molecule has 27 heavy (non-hydrogen) atoms. The summed E-state index contributed by atoms with van der Waals surface area (Å²) >= 11 is 1.35. The predicted molar refractivity (Wildman–Crippen MR) is 104 cm³/mol. The Morgan fingerprint density at radius 3 is 2.63 bits per heavy atom. The van der Waals surface area contributed by atoms with Crippen LogP contribution in [0.25, 0.3) is 5.69 Å².